The molecule has 0 fully saturated rings. The lowest BCUT2D eigenvalue weighted by atomic mass is 10.0. The molecule has 1 unspecified atom stereocenters. The lowest BCUT2D eigenvalue weighted by Crippen LogP contribution is -2.20. The van der Waals surface area contributed by atoms with Crippen molar-refractivity contribution in [3.8, 4) is 22.6 Å². The standard InChI is InChI=1S/C26H31FN2O4/c1-3-5-6-18(11-14-23(28)30)33-19-9-7-17(8-10-19)20-16-29-25-22(32-15-4-2)13-12-21(27)24(25)26(20)31/h7-10,12-13,16,18H,3-6,11,14-15H2,1-2H3,(H2,28,30)(H,29,31). The van der Waals surface area contributed by atoms with Gasteiger partial charge in [-0.05, 0) is 49.1 Å². The van der Waals surface area contributed by atoms with Crippen molar-refractivity contribution in [2.24, 2.45) is 5.73 Å². The van der Waals surface area contributed by atoms with E-state index in [1.165, 1.54) is 12.1 Å². The van der Waals surface area contributed by atoms with Crippen LogP contribution >= 0.6 is 0 Å². The van der Waals surface area contributed by atoms with Crippen molar-refractivity contribution in [1.82, 2.24) is 4.98 Å². The van der Waals surface area contributed by atoms with Gasteiger partial charge >= 0.3 is 0 Å². The highest BCUT2D eigenvalue weighted by atomic mass is 19.1. The summed E-state index contributed by atoms with van der Waals surface area (Å²) < 4.78 is 26.3. The first kappa shape index (κ1) is 24.3. The fourth-order valence-electron chi connectivity index (χ4n) is 3.72. The van der Waals surface area contributed by atoms with E-state index in [4.69, 9.17) is 15.2 Å². The van der Waals surface area contributed by atoms with E-state index < -0.39 is 11.2 Å². The number of halogens is 1. The normalized spacial score (nSPS) is 12.0. The lowest BCUT2D eigenvalue weighted by molar-refractivity contribution is -0.118. The zero-order chi connectivity index (χ0) is 23.8. The molecule has 2 aromatic carbocycles. The Morgan fingerprint density at radius 1 is 1.09 bits per heavy atom. The second-order valence-corrected chi connectivity index (χ2v) is 8.09. The number of hydrogen-bond acceptors (Lipinski definition) is 4. The molecule has 0 saturated heterocycles. The van der Waals surface area contributed by atoms with Gasteiger partial charge < -0.3 is 20.2 Å². The van der Waals surface area contributed by atoms with Gasteiger partial charge in [-0.2, -0.15) is 0 Å². The van der Waals surface area contributed by atoms with Gasteiger partial charge in [0.1, 0.15) is 17.3 Å². The number of ether oxygens (including phenoxy) is 2. The second kappa shape index (κ2) is 11.5. The minimum atomic E-state index is -0.592. The molecule has 0 spiro atoms. The number of carbonyl (C=O) groups is 1. The molecule has 0 aliphatic rings. The van der Waals surface area contributed by atoms with Crippen molar-refractivity contribution < 1.29 is 18.7 Å². The molecule has 176 valence electrons. The number of nitrogens with two attached hydrogens (primary N) is 1. The number of primary amides is 1. The second-order valence-electron chi connectivity index (χ2n) is 8.09. The van der Waals surface area contributed by atoms with Crippen LogP contribution in [0.15, 0.2) is 47.4 Å². The average molecular weight is 455 g/mol. The molecule has 7 heteroatoms. The predicted octanol–water partition coefficient (Wildman–Crippen LogP) is 5.33. The van der Waals surface area contributed by atoms with Crippen molar-refractivity contribution in [1.29, 1.82) is 0 Å². The van der Waals surface area contributed by atoms with Crippen molar-refractivity contribution in [2.45, 2.75) is 58.5 Å². The van der Waals surface area contributed by atoms with Gasteiger partial charge in [-0.15, -0.1) is 0 Å². The largest absolute Gasteiger partial charge is 0.491 e. The number of amides is 1. The van der Waals surface area contributed by atoms with Crippen LogP contribution in [0.25, 0.3) is 22.0 Å². The summed E-state index contributed by atoms with van der Waals surface area (Å²) in [6, 6.07) is 9.88. The summed E-state index contributed by atoms with van der Waals surface area (Å²) in [6.45, 7) is 4.55. The topological polar surface area (TPSA) is 94.4 Å². The van der Waals surface area contributed by atoms with Crippen molar-refractivity contribution >= 4 is 16.8 Å². The highest BCUT2D eigenvalue weighted by Crippen LogP contribution is 2.28. The number of nitrogens with one attached hydrogen (secondary N) is 1. The van der Waals surface area contributed by atoms with Crippen molar-refractivity contribution in [3.63, 3.8) is 0 Å². The molecule has 3 N–H and O–H groups in total. The van der Waals surface area contributed by atoms with Crippen LogP contribution in [0.1, 0.15) is 52.4 Å². The molecular weight excluding hydrogens is 423 g/mol. The Kier molecular flexibility index (Phi) is 8.46. The smallest absolute Gasteiger partial charge is 0.217 e. The molecule has 1 heterocycles. The van der Waals surface area contributed by atoms with Crippen molar-refractivity contribution in [2.75, 3.05) is 6.61 Å². The summed E-state index contributed by atoms with van der Waals surface area (Å²) in [5.41, 5.74) is 6.24. The van der Waals surface area contributed by atoms with E-state index in [9.17, 15) is 14.0 Å². The number of hydrogen-bond donors (Lipinski definition) is 2. The van der Waals surface area contributed by atoms with Gasteiger partial charge in [0.2, 0.25) is 5.91 Å². The molecule has 0 saturated carbocycles. The number of pyridine rings is 1. The van der Waals surface area contributed by atoms with Crippen LogP contribution in [0.5, 0.6) is 11.5 Å². The molecule has 0 radical (unpaired) electrons. The molecular formula is C26H31FN2O4. The van der Waals surface area contributed by atoms with Gasteiger partial charge in [-0.25, -0.2) is 4.39 Å². The minimum Gasteiger partial charge on any atom is -0.491 e. The first-order valence-corrected chi connectivity index (χ1v) is 11.5. The van der Waals surface area contributed by atoms with Gasteiger partial charge in [-0.3, -0.25) is 9.59 Å². The van der Waals surface area contributed by atoms with Crippen LogP contribution in [-0.2, 0) is 4.79 Å². The number of rotatable bonds is 12. The average Bonchev–Trinajstić information content (AvgIpc) is 2.81. The summed E-state index contributed by atoms with van der Waals surface area (Å²) in [7, 11) is 0. The Morgan fingerprint density at radius 3 is 2.52 bits per heavy atom. The molecule has 0 aliphatic heterocycles. The van der Waals surface area contributed by atoms with Crippen LogP contribution in [0.4, 0.5) is 4.39 Å². The number of unbranched alkanes of at least 4 members (excludes halogenated alkanes) is 1. The van der Waals surface area contributed by atoms with E-state index in [0.717, 1.165) is 25.7 Å². The van der Waals surface area contributed by atoms with Crippen LogP contribution in [0.3, 0.4) is 0 Å². The molecule has 1 aromatic heterocycles. The Balaban J connectivity index is 1.86. The van der Waals surface area contributed by atoms with Gasteiger partial charge in [0.15, 0.2) is 5.43 Å². The maximum Gasteiger partial charge on any atom is 0.217 e. The fourth-order valence-corrected chi connectivity index (χ4v) is 3.72. The third kappa shape index (κ3) is 6.12. The van der Waals surface area contributed by atoms with Gasteiger partial charge in [0, 0.05) is 18.2 Å². The summed E-state index contributed by atoms with van der Waals surface area (Å²) in [6.07, 6.45) is 5.95. The van der Waals surface area contributed by atoms with E-state index in [-0.39, 0.29) is 23.8 Å². The Hall–Kier alpha value is -3.35. The van der Waals surface area contributed by atoms with E-state index >= 15 is 0 Å². The lowest BCUT2D eigenvalue weighted by Gasteiger charge is -2.19. The number of aromatic nitrogens is 1. The van der Waals surface area contributed by atoms with Gasteiger partial charge in [0.25, 0.3) is 0 Å². The maximum atomic E-state index is 14.6. The van der Waals surface area contributed by atoms with Gasteiger partial charge in [0.05, 0.1) is 23.6 Å². The number of fused-ring (bicyclic) bond motifs is 1. The fraction of sp³-hybridized carbons (Fsp3) is 0.385. The van der Waals surface area contributed by atoms with E-state index in [1.807, 2.05) is 6.92 Å². The molecule has 33 heavy (non-hydrogen) atoms. The molecule has 6 nitrogen and oxygen atoms in total. The third-order valence-corrected chi connectivity index (χ3v) is 5.47. The zero-order valence-electron chi connectivity index (χ0n) is 19.2. The summed E-state index contributed by atoms with van der Waals surface area (Å²) in [4.78, 5) is 27.3. The minimum absolute atomic E-state index is 0.0208. The molecule has 1 amide bonds. The summed E-state index contributed by atoms with van der Waals surface area (Å²) in [5, 5.41) is -0.0208. The summed E-state index contributed by atoms with van der Waals surface area (Å²) in [5.74, 6) is 0.157. The number of carbonyl (C=O) groups excluding carboxylic acids is 1. The monoisotopic (exact) mass is 454 g/mol. The molecule has 1 atom stereocenters. The van der Waals surface area contributed by atoms with E-state index in [1.54, 1.807) is 30.5 Å². The highest BCUT2D eigenvalue weighted by molar-refractivity contribution is 5.88. The Morgan fingerprint density at radius 2 is 1.85 bits per heavy atom. The van der Waals surface area contributed by atoms with Crippen LogP contribution in [0, 0.1) is 5.82 Å². The quantitative estimate of drug-likeness (QED) is 0.387. The number of H-pyrrole nitrogens is 1. The molecule has 0 aliphatic carbocycles. The van der Waals surface area contributed by atoms with Crippen molar-refractivity contribution in [3.05, 3.63) is 58.6 Å². The van der Waals surface area contributed by atoms with Gasteiger partial charge in [-0.1, -0.05) is 38.8 Å². The summed E-state index contributed by atoms with van der Waals surface area (Å²) >= 11 is 0. The molecule has 3 aromatic rings. The van der Waals surface area contributed by atoms with Crippen LogP contribution < -0.4 is 20.6 Å². The van der Waals surface area contributed by atoms with E-state index in [0.29, 0.717) is 41.2 Å². The SMILES string of the molecule is CCCCC(CCC(N)=O)Oc1ccc(-c2c[nH]c3c(OCCC)ccc(F)c3c2=O)cc1. The van der Waals surface area contributed by atoms with Crippen LogP contribution in [0.2, 0.25) is 0 Å². The number of benzene rings is 2. The Bertz CT molecular complexity index is 1140. The zero-order valence-corrected chi connectivity index (χ0v) is 19.2. The highest BCUT2D eigenvalue weighted by Gasteiger charge is 2.16. The van der Waals surface area contributed by atoms with Crippen LogP contribution in [-0.4, -0.2) is 23.6 Å². The number of aromatic amines is 1. The first-order valence-electron chi connectivity index (χ1n) is 11.5. The first-order chi connectivity index (χ1) is 15.9. The predicted molar refractivity (Wildman–Crippen MR) is 128 cm³/mol. The molecule has 0 bridgehead atoms. The third-order valence-electron chi connectivity index (χ3n) is 5.47. The van der Waals surface area contributed by atoms with E-state index in [2.05, 4.69) is 11.9 Å². The maximum absolute atomic E-state index is 14.6. The molecule has 3 rings (SSSR count). The Labute approximate surface area is 192 Å².